The molecular weight excluding hydrogens is 610 g/mol. The zero-order valence-corrected chi connectivity index (χ0v) is 33.2. The molecule has 1 aliphatic heterocycles. The number of nitrogens with zero attached hydrogens (tertiary/aromatic N) is 1. The third kappa shape index (κ3) is 7.15. The summed E-state index contributed by atoms with van der Waals surface area (Å²) in [7, 11) is 0. The minimum absolute atomic E-state index is 0.0106. The van der Waals surface area contributed by atoms with Crippen LogP contribution in [-0.2, 0) is 19.1 Å². The average molecular weight is 684 g/mol. The fraction of sp³-hybridized carbons (Fsp3) is 0.884. The lowest BCUT2D eigenvalue weighted by atomic mass is 9.32. The highest BCUT2D eigenvalue weighted by Gasteiger charge is 2.69. The Kier molecular flexibility index (Phi) is 12.6. The van der Waals surface area contributed by atoms with Gasteiger partial charge in [-0.2, -0.15) is 0 Å². The molecule has 0 aromatic rings. The first-order chi connectivity index (χ1) is 23.0. The van der Waals surface area contributed by atoms with Crippen molar-refractivity contribution in [3.05, 3.63) is 12.2 Å². The zero-order valence-electron chi connectivity index (χ0n) is 33.2. The lowest BCUT2D eigenvalue weighted by molar-refractivity contribution is -0.246. The Balaban J connectivity index is 0.00000265. The van der Waals surface area contributed by atoms with Crippen molar-refractivity contribution in [2.75, 3.05) is 13.1 Å². The predicted octanol–water partition coefficient (Wildman–Crippen LogP) is 10.3. The Hall–Kier alpha value is -1.85. The van der Waals surface area contributed by atoms with Crippen molar-refractivity contribution in [1.29, 1.82) is 0 Å². The predicted molar refractivity (Wildman–Crippen MR) is 199 cm³/mol. The fourth-order valence-electron chi connectivity index (χ4n) is 13.2. The zero-order chi connectivity index (χ0) is 36.5. The lowest BCUT2D eigenvalue weighted by Gasteiger charge is -2.72. The molecule has 6 heteroatoms. The fourth-order valence-corrected chi connectivity index (χ4v) is 13.2. The number of carbonyl (C=O) groups is 3. The molecule has 5 aliphatic rings. The second kappa shape index (κ2) is 15.4. The maximum atomic E-state index is 14.3. The van der Waals surface area contributed by atoms with Crippen LogP contribution in [0.1, 0.15) is 159 Å². The topological polar surface area (TPSA) is 83.9 Å². The molecule has 1 heterocycles. The molecule has 4 aliphatic carbocycles. The van der Waals surface area contributed by atoms with Gasteiger partial charge in [-0.15, -0.1) is 0 Å². The summed E-state index contributed by atoms with van der Waals surface area (Å²) in [5.74, 6) is 1.53. The molecule has 11 atom stereocenters. The summed E-state index contributed by atoms with van der Waals surface area (Å²) in [6, 6.07) is 0. The third-order valence-corrected chi connectivity index (χ3v) is 15.6. The van der Waals surface area contributed by atoms with Gasteiger partial charge in [0.1, 0.15) is 6.10 Å². The molecule has 0 spiro atoms. The molecule has 280 valence electrons. The smallest absolute Gasteiger partial charge is 0.306 e. The summed E-state index contributed by atoms with van der Waals surface area (Å²) in [4.78, 5) is 40.7. The highest BCUT2D eigenvalue weighted by Crippen LogP contribution is 2.75. The van der Waals surface area contributed by atoms with E-state index in [1.54, 1.807) is 0 Å². The molecular formula is C43H73NO5. The van der Waals surface area contributed by atoms with E-state index >= 15 is 0 Å². The standard InChI is InChI=1S/C41H67NO5.C2H6/c1-10-28(26(2)3)36-29(37(46)42-22-12-11-13-23-42)16-20-40(8)30(36)14-15-32-39(7)19-18-33(47-35(45)25-27(4)24-34(43)44)38(5,6)31(39)17-21-41(32,40)9;1-2/h27-33,36H,2,10-25H2,1,3-9H3,(H,43,44);1-2H3/t27?,28-,29?,30+,31?,32?,33?,36?,39?,40+,41?;/m0./s1. The van der Waals surface area contributed by atoms with Crippen LogP contribution in [0.5, 0.6) is 0 Å². The second-order valence-electron chi connectivity index (χ2n) is 18.4. The number of carbonyl (C=O) groups excluding carboxylic acids is 2. The summed E-state index contributed by atoms with van der Waals surface area (Å²) in [5.41, 5.74) is 1.64. The second-order valence-corrected chi connectivity index (χ2v) is 18.4. The van der Waals surface area contributed by atoms with Gasteiger partial charge in [-0.05, 0) is 136 Å². The molecule has 0 aromatic heterocycles. The van der Waals surface area contributed by atoms with Crippen molar-refractivity contribution in [2.45, 2.75) is 165 Å². The van der Waals surface area contributed by atoms with Crippen LogP contribution in [0, 0.1) is 63.1 Å². The largest absolute Gasteiger partial charge is 0.481 e. The van der Waals surface area contributed by atoms with Crippen molar-refractivity contribution in [2.24, 2.45) is 63.1 Å². The molecule has 0 radical (unpaired) electrons. The van der Waals surface area contributed by atoms with Crippen molar-refractivity contribution >= 4 is 17.8 Å². The van der Waals surface area contributed by atoms with Gasteiger partial charge in [0.05, 0.1) is 0 Å². The molecule has 0 bridgehead atoms. The quantitative estimate of drug-likeness (QED) is 0.193. The number of hydrogen-bond acceptors (Lipinski definition) is 4. The molecule has 1 amide bonds. The van der Waals surface area contributed by atoms with Crippen molar-refractivity contribution in [3.8, 4) is 0 Å². The van der Waals surface area contributed by atoms with Crippen molar-refractivity contribution < 1.29 is 24.2 Å². The average Bonchev–Trinajstić information content (AvgIpc) is 3.03. The van der Waals surface area contributed by atoms with Gasteiger partial charge < -0.3 is 14.7 Å². The molecule has 1 saturated heterocycles. The van der Waals surface area contributed by atoms with E-state index in [0.717, 1.165) is 64.5 Å². The molecule has 8 unspecified atom stereocenters. The van der Waals surface area contributed by atoms with E-state index in [0.29, 0.717) is 35.5 Å². The van der Waals surface area contributed by atoms with Crippen LogP contribution in [0.15, 0.2) is 12.2 Å². The number of likely N-dealkylation sites (tertiary alicyclic amines) is 1. The minimum atomic E-state index is -0.869. The number of carboxylic acid groups (broad SMARTS) is 1. The van der Waals surface area contributed by atoms with Gasteiger partial charge in [-0.25, -0.2) is 0 Å². The van der Waals surface area contributed by atoms with Crippen LogP contribution in [0.3, 0.4) is 0 Å². The van der Waals surface area contributed by atoms with Crippen LogP contribution in [0.25, 0.3) is 0 Å². The number of allylic oxidation sites excluding steroid dienone is 1. The Morgan fingerprint density at radius 3 is 2.08 bits per heavy atom. The Bertz CT molecular complexity index is 1200. The van der Waals surface area contributed by atoms with E-state index in [1.807, 2.05) is 20.8 Å². The van der Waals surface area contributed by atoms with Crippen LogP contribution in [0.2, 0.25) is 0 Å². The van der Waals surface area contributed by atoms with Gasteiger partial charge in [-0.3, -0.25) is 14.4 Å². The lowest BCUT2D eigenvalue weighted by Crippen LogP contribution is -2.67. The van der Waals surface area contributed by atoms with Gasteiger partial charge in [0.15, 0.2) is 0 Å². The highest BCUT2D eigenvalue weighted by molar-refractivity contribution is 5.79. The van der Waals surface area contributed by atoms with Crippen molar-refractivity contribution in [1.82, 2.24) is 4.90 Å². The SMILES string of the molecule is C=C(C)[C@H](CC)C1C(C(=O)N2CCCCC2)CC[C@]2(C)[C@@H]1CCC1C3(C)CCC(OC(=O)CC(C)CC(=O)O)C(C)(C)C3CCC12C.CC. The molecule has 5 rings (SSSR count). The van der Waals surface area contributed by atoms with E-state index in [4.69, 9.17) is 9.84 Å². The number of rotatable bonds is 9. The summed E-state index contributed by atoms with van der Waals surface area (Å²) in [6.45, 7) is 29.2. The summed E-state index contributed by atoms with van der Waals surface area (Å²) in [5, 5.41) is 9.16. The first-order valence-electron chi connectivity index (χ1n) is 20.4. The van der Waals surface area contributed by atoms with E-state index in [-0.39, 0.29) is 58.4 Å². The highest BCUT2D eigenvalue weighted by atomic mass is 16.5. The number of esters is 1. The number of hydrogen-bond donors (Lipinski definition) is 1. The van der Waals surface area contributed by atoms with Crippen LogP contribution >= 0.6 is 0 Å². The van der Waals surface area contributed by atoms with E-state index < -0.39 is 5.97 Å². The van der Waals surface area contributed by atoms with Crippen LogP contribution in [0.4, 0.5) is 0 Å². The van der Waals surface area contributed by atoms with Gasteiger partial charge in [0, 0.05) is 37.3 Å². The minimum Gasteiger partial charge on any atom is -0.481 e. The first-order valence-corrected chi connectivity index (χ1v) is 20.4. The summed E-state index contributed by atoms with van der Waals surface area (Å²) >= 11 is 0. The van der Waals surface area contributed by atoms with Crippen LogP contribution < -0.4 is 0 Å². The summed E-state index contributed by atoms with van der Waals surface area (Å²) < 4.78 is 6.20. The number of carboxylic acids is 1. The van der Waals surface area contributed by atoms with E-state index in [2.05, 4.69) is 59.9 Å². The maximum absolute atomic E-state index is 14.3. The molecule has 6 nitrogen and oxygen atoms in total. The Labute approximate surface area is 300 Å². The van der Waals surface area contributed by atoms with Crippen molar-refractivity contribution in [3.63, 3.8) is 0 Å². The molecule has 49 heavy (non-hydrogen) atoms. The van der Waals surface area contributed by atoms with E-state index in [1.165, 1.54) is 31.3 Å². The molecule has 1 N–H and O–H groups in total. The summed E-state index contributed by atoms with van der Waals surface area (Å²) in [6.07, 6.45) is 13.4. The molecule has 4 saturated carbocycles. The Morgan fingerprint density at radius 2 is 1.49 bits per heavy atom. The van der Waals surface area contributed by atoms with Gasteiger partial charge >= 0.3 is 11.9 Å². The molecule has 0 aromatic carbocycles. The number of ether oxygens (including phenoxy) is 1. The normalized spacial score (nSPS) is 39.4. The van der Waals surface area contributed by atoms with Gasteiger partial charge in [-0.1, -0.05) is 74.5 Å². The Morgan fingerprint density at radius 1 is 0.857 bits per heavy atom. The first kappa shape index (κ1) is 39.9. The number of piperidine rings is 1. The van der Waals surface area contributed by atoms with Crippen LogP contribution in [-0.4, -0.2) is 47.0 Å². The third-order valence-electron chi connectivity index (χ3n) is 15.6. The molecule has 5 fully saturated rings. The number of amides is 1. The van der Waals surface area contributed by atoms with E-state index in [9.17, 15) is 14.4 Å². The monoisotopic (exact) mass is 684 g/mol. The number of fused-ring (bicyclic) bond motifs is 5. The number of aliphatic carboxylic acids is 1. The maximum Gasteiger partial charge on any atom is 0.306 e. The van der Waals surface area contributed by atoms with Gasteiger partial charge in [0.25, 0.3) is 0 Å². The van der Waals surface area contributed by atoms with Gasteiger partial charge in [0.2, 0.25) is 5.91 Å².